The maximum Gasteiger partial charge on any atom is 0.108 e. The van der Waals surface area contributed by atoms with Crippen molar-refractivity contribution >= 4 is 7.85 Å². The van der Waals surface area contributed by atoms with Gasteiger partial charge in [-0.25, -0.2) is 0 Å². The first-order chi connectivity index (χ1) is 4.74. The highest BCUT2D eigenvalue weighted by Gasteiger charge is 2.23. The minimum atomic E-state index is 0.538. The summed E-state index contributed by atoms with van der Waals surface area (Å²) < 4.78 is 5.65. The van der Waals surface area contributed by atoms with Gasteiger partial charge in [-0.05, 0) is 18.2 Å². The molecule has 0 aromatic carbocycles. The van der Waals surface area contributed by atoms with E-state index in [1.54, 1.807) is 0 Å². The first kappa shape index (κ1) is 8.12. The van der Waals surface area contributed by atoms with Gasteiger partial charge >= 0.3 is 0 Å². The van der Waals surface area contributed by atoms with Crippen LogP contribution in [0.5, 0.6) is 0 Å². The Labute approximate surface area is 64.6 Å². The van der Waals surface area contributed by atoms with Crippen LogP contribution in [0, 0.1) is 5.92 Å². The molecule has 1 nitrogen and oxygen atoms in total. The Morgan fingerprint density at radius 3 is 2.80 bits per heavy atom. The summed E-state index contributed by atoms with van der Waals surface area (Å²) in [5, 5.41) is 0. The van der Waals surface area contributed by atoms with Gasteiger partial charge in [0.15, 0.2) is 0 Å². The van der Waals surface area contributed by atoms with E-state index in [1.807, 2.05) is 0 Å². The summed E-state index contributed by atoms with van der Waals surface area (Å²) >= 11 is 0. The molecule has 10 heavy (non-hydrogen) atoms. The monoisotopic (exact) mass is 140 g/mol. The van der Waals surface area contributed by atoms with Crippen molar-refractivity contribution in [3.05, 3.63) is 0 Å². The maximum atomic E-state index is 5.65. The average molecular weight is 140 g/mol. The lowest BCUT2D eigenvalue weighted by atomic mass is 9.77. The fraction of sp³-hybridized carbons (Fsp3) is 1.00. The van der Waals surface area contributed by atoms with Crippen LogP contribution in [0.1, 0.15) is 26.7 Å². The van der Waals surface area contributed by atoms with Gasteiger partial charge in [-0.3, -0.25) is 0 Å². The van der Waals surface area contributed by atoms with Crippen molar-refractivity contribution in [2.75, 3.05) is 6.61 Å². The van der Waals surface area contributed by atoms with Gasteiger partial charge in [-0.2, -0.15) is 0 Å². The Balaban J connectivity index is 2.36. The SMILES string of the molecule is B[C@@H]1CO[C@H](CC)[C@@H](C)C1. The highest BCUT2D eigenvalue weighted by atomic mass is 16.5. The summed E-state index contributed by atoms with van der Waals surface area (Å²) in [7, 11) is 2.27. The van der Waals surface area contributed by atoms with Crippen molar-refractivity contribution < 1.29 is 4.74 Å². The van der Waals surface area contributed by atoms with Crippen LogP contribution >= 0.6 is 0 Å². The zero-order chi connectivity index (χ0) is 7.56. The van der Waals surface area contributed by atoms with E-state index in [-0.39, 0.29) is 0 Å². The molecule has 1 saturated heterocycles. The molecule has 0 aromatic heterocycles. The van der Waals surface area contributed by atoms with E-state index in [2.05, 4.69) is 21.7 Å². The standard InChI is InChI=1S/C8H17BO/c1-3-8-6(2)4-7(9)5-10-8/h6-8H,3-5,9H2,1-2H3/t6-,7-,8+/m0/s1. The molecule has 0 spiro atoms. The van der Waals surface area contributed by atoms with Gasteiger partial charge in [0, 0.05) is 6.61 Å². The van der Waals surface area contributed by atoms with Crippen LogP contribution in [-0.4, -0.2) is 20.6 Å². The van der Waals surface area contributed by atoms with E-state index < -0.39 is 0 Å². The molecule has 0 radical (unpaired) electrons. The van der Waals surface area contributed by atoms with E-state index in [4.69, 9.17) is 4.74 Å². The largest absolute Gasteiger partial charge is 0.378 e. The Kier molecular flexibility index (Phi) is 2.78. The normalized spacial score (nSPS) is 41.6. The molecule has 58 valence electrons. The molecule has 0 unspecified atom stereocenters. The Hall–Kier alpha value is 0.0249. The number of hydrogen-bond donors (Lipinski definition) is 0. The second-order valence-corrected chi connectivity index (χ2v) is 3.60. The zero-order valence-electron chi connectivity index (χ0n) is 7.26. The van der Waals surface area contributed by atoms with E-state index >= 15 is 0 Å². The summed E-state index contributed by atoms with van der Waals surface area (Å²) in [6.07, 6.45) is 3.06. The van der Waals surface area contributed by atoms with Crippen molar-refractivity contribution in [2.24, 2.45) is 5.92 Å². The van der Waals surface area contributed by atoms with Crippen LogP contribution in [0.3, 0.4) is 0 Å². The third-order valence-corrected chi connectivity index (χ3v) is 2.41. The molecule has 0 N–H and O–H groups in total. The minimum absolute atomic E-state index is 0.538. The minimum Gasteiger partial charge on any atom is -0.378 e. The van der Waals surface area contributed by atoms with E-state index in [0.29, 0.717) is 6.10 Å². The molecule has 0 amide bonds. The second-order valence-electron chi connectivity index (χ2n) is 3.60. The van der Waals surface area contributed by atoms with Crippen LogP contribution in [0.4, 0.5) is 0 Å². The molecule has 1 fully saturated rings. The van der Waals surface area contributed by atoms with Gasteiger partial charge in [0.25, 0.3) is 0 Å². The van der Waals surface area contributed by atoms with Crippen LogP contribution in [0.25, 0.3) is 0 Å². The van der Waals surface area contributed by atoms with Gasteiger partial charge in [-0.1, -0.05) is 20.3 Å². The second kappa shape index (κ2) is 3.43. The van der Waals surface area contributed by atoms with E-state index in [1.165, 1.54) is 12.8 Å². The molecular weight excluding hydrogens is 123 g/mol. The fourth-order valence-corrected chi connectivity index (χ4v) is 1.83. The summed E-state index contributed by atoms with van der Waals surface area (Å²) in [6.45, 7) is 5.48. The molecule has 0 saturated carbocycles. The van der Waals surface area contributed by atoms with Gasteiger partial charge in [0.2, 0.25) is 0 Å². The van der Waals surface area contributed by atoms with Crippen molar-refractivity contribution in [1.82, 2.24) is 0 Å². The highest BCUT2D eigenvalue weighted by Crippen LogP contribution is 2.27. The third-order valence-electron chi connectivity index (χ3n) is 2.41. The summed E-state index contributed by atoms with van der Waals surface area (Å²) in [5.74, 6) is 1.55. The molecule has 0 bridgehead atoms. The van der Waals surface area contributed by atoms with Gasteiger partial charge in [-0.15, -0.1) is 0 Å². The lowest BCUT2D eigenvalue weighted by Crippen LogP contribution is -2.30. The highest BCUT2D eigenvalue weighted by molar-refractivity contribution is 6.11. The lowest BCUT2D eigenvalue weighted by Gasteiger charge is -2.32. The first-order valence-electron chi connectivity index (χ1n) is 4.35. The third kappa shape index (κ3) is 1.75. The van der Waals surface area contributed by atoms with Crippen LogP contribution < -0.4 is 0 Å². The van der Waals surface area contributed by atoms with Crippen LogP contribution in [-0.2, 0) is 4.74 Å². The molecule has 3 atom stereocenters. The predicted molar refractivity (Wildman–Crippen MR) is 46.1 cm³/mol. The fourth-order valence-electron chi connectivity index (χ4n) is 1.83. The van der Waals surface area contributed by atoms with Gasteiger partial charge < -0.3 is 4.74 Å². The summed E-state index contributed by atoms with van der Waals surface area (Å²) in [5.41, 5.74) is 0. The lowest BCUT2D eigenvalue weighted by molar-refractivity contribution is -0.0210. The van der Waals surface area contributed by atoms with Crippen molar-refractivity contribution in [3.63, 3.8) is 0 Å². The van der Waals surface area contributed by atoms with E-state index in [9.17, 15) is 0 Å². The smallest absolute Gasteiger partial charge is 0.108 e. The van der Waals surface area contributed by atoms with Gasteiger partial charge in [0.1, 0.15) is 7.85 Å². The quantitative estimate of drug-likeness (QED) is 0.498. The number of rotatable bonds is 1. The van der Waals surface area contributed by atoms with Crippen LogP contribution in [0.2, 0.25) is 5.82 Å². The maximum absolute atomic E-state index is 5.65. The topological polar surface area (TPSA) is 9.23 Å². The predicted octanol–water partition coefficient (Wildman–Crippen LogP) is 1.24. The van der Waals surface area contributed by atoms with Gasteiger partial charge in [0.05, 0.1) is 6.10 Å². The molecule has 1 aliphatic heterocycles. The first-order valence-corrected chi connectivity index (χ1v) is 4.35. The molecule has 0 aliphatic carbocycles. The van der Waals surface area contributed by atoms with Crippen molar-refractivity contribution in [2.45, 2.75) is 38.6 Å². The molecule has 1 heterocycles. The van der Waals surface area contributed by atoms with Crippen molar-refractivity contribution in [1.29, 1.82) is 0 Å². The molecule has 2 heteroatoms. The molecule has 0 aromatic rings. The zero-order valence-corrected chi connectivity index (χ0v) is 7.26. The molecule has 1 aliphatic rings. The Morgan fingerprint density at radius 2 is 2.30 bits per heavy atom. The average Bonchev–Trinajstić information content (AvgIpc) is 1.88. The Morgan fingerprint density at radius 1 is 1.60 bits per heavy atom. The molecular formula is C8H17BO. The summed E-state index contributed by atoms with van der Waals surface area (Å²) in [6, 6.07) is 0. The van der Waals surface area contributed by atoms with Crippen LogP contribution in [0.15, 0.2) is 0 Å². The summed E-state index contributed by atoms with van der Waals surface area (Å²) in [4.78, 5) is 0. The number of ether oxygens (including phenoxy) is 1. The van der Waals surface area contributed by atoms with Crippen molar-refractivity contribution in [3.8, 4) is 0 Å². The van der Waals surface area contributed by atoms with E-state index in [0.717, 1.165) is 18.3 Å². The Bertz CT molecular complexity index is 105. The molecule has 1 rings (SSSR count). The number of hydrogen-bond acceptors (Lipinski definition) is 1.